The van der Waals surface area contributed by atoms with E-state index in [0.717, 1.165) is 38.2 Å². The van der Waals surface area contributed by atoms with Crippen molar-refractivity contribution in [3.63, 3.8) is 0 Å². The van der Waals surface area contributed by atoms with Crippen LogP contribution in [0.4, 0.5) is 18.9 Å². The Kier molecular flexibility index (Phi) is 5.54. The van der Waals surface area contributed by atoms with Crippen molar-refractivity contribution in [3.8, 4) is 0 Å². The van der Waals surface area contributed by atoms with Gasteiger partial charge in [-0.05, 0) is 31.0 Å². The third-order valence-corrected chi connectivity index (χ3v) is 4.42. The van der Waals surface area contributed by atoms with Crippen molar-refractivity contribution in [2.45, 2.75) is 44.3 Å². The lowest BCUT2D eigenvalue weighted by molar-refractivity contribution is -0.137. The van der Waals surface area contributed by atoms with Crippen molar-refractivity contribution >= 4 is 21.6 Å². The van der Waals surface area contributed by atoms with Gasteiger partial charge in [-0.25, -0.2) is 0 Å². The fraction of sp³-hybridized carbons (Fsp3) is 0.600. The second kappa shape index (κ2) is 7.01. The third kappa shape index (κ3) is 4.13. The molecule has 0 radical (unpaired) electrons. The maximum atomic E-state index is 13.3. The van der Waals surface area contributed by atoms with Crippen LogP contribution in [0, 0.1) is 0 Å². The van der Waals surface area contributed by atoms with E-state index < -0.39 is 11.7 Å². The van der Waals surface area contributed by atoms with E-state index in [-0.39, 0.29) is 24.9 Å². The van der Waals surface area contributed by atoms with Gasteiger partial charge in [0.05, 0.1) is 12.2 Å². The second-order valence-electron chi connectivity index (χ2n) is 5.37. The molecule has 0 unspecified atom stereocenters. The number of aliphatic hydroxyl groups excluding tert-OH is 1. The van der Waals surface area contributed by atoms with E-state index in [4.69, 9.17) is 0 Å². The molecule has 0 heterocycles. The highest BCUT2D eigenvalue weighted by Gasteiger charge is 2.36. The number of benzene rings is 1. The topological polar surface area (TPSA) is 23.5 Å². The number of anilines is 1. The van der Waals surface area contributed by atoms with Crippen LogP contribution in [0.1, 0.15) is 37.7 Å². The third-order valence-electron chi connectivity index (χ3n) is 3.93. The van der Waals surface area contributed by atoms with Crippen molar-refractivity contribution in [2.75, 3.05) is 18.1 Å². The Labute approximate surface area is 131 Å². The van der Waals surface area contributed by atoms with E-state index in [2.05, 4.69) is 15.9 Å². The number of hydrogen-bond donors (Lipinski definition) is 1. The highest BCUT2D eigenvalue weighted by atomic mass is 79.9. The first-order chi connectivity index (χ1) is 9.93. The van der Waals surface area contributed by atoms with Crippen LogP contribution in [0.3, 0.4) is 0 Å². The van der Waals surface area contributed by atoms with Crippen molar-refractivity contribution in [3.05, 3.63) is 28.2 Å². The molecule has 118 valence electrons. The van der Waals surface area contributed by atoms with Gasteiger partial charge in [-0.3, -0.25) is 0 Å². The Bertz CT molecular complexity index is 472. The summed E-state index contributed by atoms with van der Waals surface area (Å²) in [7, 11) is 0. The number of alkyl halides is 3. The average molecular weight is 366 g/mol. The molecule has 1 saturated carbocycles. The Morgan fingerprint density at radius 3 is 2.43 bits per heavy atom. The van der Waals surface area contributed by atoms with Gasteiger partial charge in [0.1, 0.15) is 0 Å². The standard InChI is InChI=1S/C15H19BrF3NO/c16-11-6-7-14(13(10-11)15(17,18)19)20(8-9-21)12-4-2-1-3-5-12/h6-7,10,12,21H,1-5,8-9H2. The second-order valence-corrected chi connectivity index (χ2v) is 6.28. The van der Waals surface area contributed by atoms with Gasteiger partial charge >= 0.3 is 6.18 Å². The van der Waals surface area contributed by atoms with Crippen molar-refractivity contribution < 1.29 is 18.3 Å². The predicted molar refractivity (Wildman–Crippen MR) is 80.4 cm³/mol. The summed E-state index contributed by atoms with van der Waals surface area (Å²) >= 11 is 3.11. The molecule has 2 nitrogen and oxygen atoms in total. The summed E-state index contributed by atoms with van der Waals surface area (Å²) in [6.07, 6.45) is 0.563. The maximum absolute atomic E-state index is 13.3. The minimum Gasteiger partial charge on any atom is -0.395 e. The molecule has 6 heteroatoms. The molecule has 1 aromatic rings. The highest BCUT2D eigenvalue weighted by Crippen LogP contribution is 2.40. The van der Waals surface area contributed by atoms with Crippen LogP contribution in [0.25, 0.3) is 0 Å². The van der Waals surface area contributed by atoms with Gasteiger partial charge in [-0.1, -0.05) is 35.2 Å². The molecule has 1 aliphatic carbocycles. The molecule has 0 aromatic heterocycles. The average Bonchev–Trinajstić information content (AvgIpc) is 2.45. The molecule has 1 aliphatic rings. The summed E-state index contributed by atoms with van der Waals surface area (Å²) in [5.74, 6) is 0. The molecule has 1 fully saturated rings. The highest BCUT2D eigenvalue weighted by molar-refractivity contribution is 9.10. The fourth-order valence-corrected chi connectivity index (χ4v) is 3.35. The summed E-state index contributed by atoms with van der Waals surface area (Å²) < 4.78 is 40.3. The zero-order valence-corrected chi connectivity index (χ0v) is 13.3. The quantitative estimate of drug-likeness (QED) is 0.842. The first-order valence-electron chi connectivity index (χ1n) is 7.17. The van der Waals surface area contributed by atoms with Gasteiger partial charge < -0.3 is 10.0 Å². The van der Waals surface area contributed by atoms with E-state index >= 15 is 0 Å². The van der Waals surface area contributed by atoms with Gasteiger partial charge in [0.25, 0.3) is 0 Å². The van der Waals surface area contributed by atoms with Gasteiger partial charge in [0, 0.05) is 22.7 Å². The van der Waals surface area contributed by atoms with E-state index in [9.17, 15) is 18.3 Å². The van der Waals surface area contributed by atoms with Crippen LogP contribution in [0.15, 0.2) is 22.7 Å². The molecule has 21 heavy (non-hydrogen) atoms. The summed E-state index contributed by atoms with van der Waals surface area (Å²) in [5, 5.41) is 9.24. The van der Waals surface area contributed by atoms with Crippen molar-refractivity contribution in [1.29, 1.82) is 0 Å². The molecule has 0 bridgehead atoms. The largest absolute Gasteiger partial charge is 0.418 e. The molecular weight excluding hydrogens is 347 g/mol. The molecule has 2 rings (SSSR count). The lowest BCUT2D eigenvalue weighted by Gasteiger charge is -2.37. The first-order valence-corrected chi connectivity index (χ1v) is 7.97. The number of rotatable bonds is 4. The minimum atomic E-state index is -4.40. The molecule has 0 spiro atoms. The normalized spacial score (nSPS) is 17.0. The molecule has 0 atom stereocenters. The summed E-state index contributed by atoms with van der Waals surface area (Å²) in [4.78, 5) is 1.73. The maximum Gasteiger partial charge on any atom is 0.418 e. The fourth-order valence-electron chi connectivity index (χ4n) is 2.99. The zero-order chi connectivity index (χ0) is 15.5. The van der Waals surface area contributed by atoms with E-state index in [1.54, 1.807) is 11.0 Å². The summed E-state index contributed by atoms with van der Waals surface area (Å²) in [5.41, 5.74) is -0.470. The van der Waals surface area contributed by atoms with Crippen molar-refractivity contribution in [1.82, 2.24) is 0 Å². The molecule has 1 aromatic carbocycles. The number of hydrogen-bond acceptors (Lipinski definition) is 2. The SMILES string of the molecule is OCCN(c1ccc(Br)cc1C(F)(F)F)C1CCCCC1. The van der Waals surface area contributed by atoms with Gasteiger partial charge in [-0.15, -0.1) is 0 Å². The van der Waals surface area contributed by atoms with E-state index in [1.165, 1.54) is 6.07 Å². The minimum absolute atomic E-state index is 0.0770. The zero-order valence-electron chi connectivity index (χ0n) is 11.7. The molecular formula is C15H19BrF3NO. The Balaban J connectivity index is 2.39. The number of halogens is 4. The smallest absolute Gasteiger partial charge is 0.395 e. The van der Waals surface area contributed by atoms with Gasteiger partial charge in [-0.2, -0.15) is 13.2 Å². The van der Waals surface area contributed by atoms with Crippen LogP contribution in [0.2, 0.25) is 0 Å². The van der Waals surface area contributed by atoms with E-state index in [1.807, 2.05) is 0 Å². The van der Waals surface area contributed by atoms with Crippen molar-refractivity contribution in [2.24, 2.45) is 0 Å². The van der Waals surface area contributed by atoms with Crippen LogP contribution in [-0.4, -0.2) is 24.3 Å². The first kappa shape index (κ1) is 16.6. The van der Waals surface area contributed by atoms with Crippen LogP contribution < -0.4 is 4.90 Å². The molecule has 1 N–H and O–H groups in total. The van der Waals surface area contributed by atoms with Crippen LogP contribution in [-0.2, 0) is 6.18 Å². The Morgan fingerprint density at radius 2 is 1.86 bits per heavy atom. The van der Waals surface area contributed by atoms with E-state index in [0.29, 0.717) is 4.47 Å². The lowest BCUT2D eigenvalue weighted by atomic mass is 9.93. The Hall–Kier alpha value is -0.750. The number of nitrogens with zero attached hydrogens (tertiary/aromatic N) is 1. The number of aliphatic hydroxyl groups is 1. The molecule has 0 aliphatic heterocycles. The Morgan fingerprint density at radius 1 is 1.19 bits per heavy atom. The summed E-state index contributed by atoms with van der Waals surface area (Å²) in [6, 6.07) is 4.31. The summed E-state index contributed by atoms with van der Waals surface area (Å²) in [6.45, 7) is 0.0826. The molecule has 0 amide bonds. The predicted octanol–water partition coefficient (Wildman–Crippen LogP) is 4.60. The van der Waals surface area contributed by atoms with Crippen LogP contribution in [0.5, 0.6) is 0 Å². The van der Waals surface area contributed by atoms with Gasteiger partial charge in [0.15, 0.2) is 0 Å². The van der Waals surface area contributed by atoms with Gasteiger partial charge in [0.2, 0.25) is 0 Å². The monoisotopic (exact) mass is 365 g/mol. The lowest BCUT2D eigenvalue weighted by Crippen LogP contribution is -2.40. The molecule has 0 saturated heterocycles. The van der Waals surface area contributed by atoms with Crippen LogP contribution >= 0.6 is 15.9 Å².